The van der Waals surface area contributed by atoms with E-state index in [0.29, 0.717) is 11.3 Å². The Morgan fingerprint density at radius 1 is 1.14 bits per heavy atom. The van der Waals surface area contributed by atoms with Crippen LogP contribution >= 0.6 is 11.6 Å². The minimum Gasteiger partial charge on any atom is -0.319 e. The van der Waals surface area contributed by atoms with Gasteiger partial charge in [-0.05, 0) is 24.1 Å². The van der Waals surface area contributed by atoms with Gasteiger partial charge in [0.25, 0.3) is 0 Å². The lowest BCUT2D eigenvalue weighted by Gasteiger charge is -2.20. The third-order valence-corrected chi connectivity index (χ3v) is 3.99. The SMILES string of the molecule is CCC(c1ccccc1)n1c(CCl)nc2c(F)cccc21. The molecule has 0 aliphatic heterocycles. The summed E-state index contributed by atoms with van der Waals surface area (Å²) >= 11 is 6.04. The van der Waals surface area contributed by atoms with E-state index in [0.717, 1.165) is 11.9 Å². The van der Waals surface area contributed by atoms with Crippen molar-refractivity contribution in [1.82, 2.24) is 9.55 Å². The first-order chi connectivity index (χ1) is 10.3. The van der Waals surface area contributed by atoms with Gasteiger partial charge in [0.1, 0.15) is 11.3 Å². The average Bonchev–Trinajstić information content (AvgIpc) is 2.90. The summed E-state index contributed by atoms with van der Waals surface area (Å²) in [5, 5.41) is 0. The van der Waals surface area contributed by atoms with Crippen LogP contribution in [0.25, 0.3) is 11.0 Å². The number of alkyl halides is 1. The highest BCUT2D eigenvalue weighted by molar-refractivity contribution is 6.16. The summed E-state index contributed by atoms with van der Waals surface area (Å²) in [6.45, 7) is 2.11. The highest BCUT2D eigenvalue weighted by Gasteiger charge is 2.20. The lowest BCUT2D eigenvalue weighted by atomic mass is 10.0. The van der Waals surface area contributed by atoms with Crippen molar-refractivity contribution in [1.29, 1.82) is 0 Å². The molecule has 0 bridgehead atoms. The van der Waals surface area contributed by atoms with Gasteiger partial charge in [-0.3, -0.25) is 0 Å². The average molecular weight is 303 g/mol. The van der Waals surface area contributed by atoms with E-state index in [1.807, 2.05) is 24.3 Å². The molecule has 0 aliphatic carbocycles. The maximum Gasteiger partial charge on any atom is 0.151 e. The van der Waals surface area contributed by atoms with Crippen molar-refractivity contribution < 1.29 is 4.39 Å². The second kappa shape index (κ2) is 5.86. The summed E-state index contributed by atoms with van der Waals surface area (Å²) in [5.41, 5.74) is 2.36. The standard InChI is InChI=1S/C17H16ClFN2/c1-2-14(12-7-4-3-5-8-12)21-15-10-6-9-13(19)17(15)20-16(21)11-18/h3-10,14H,2,11H2,1H3. The van der Waals surface area contributed by atoms with E-state index in [4.69, 9.17) is 11.6 Å². The topological polar surface area (TPSA) is 17.8 Å². The molecule has 1 atom stereocenters. The van der Waals surface area contributed by atoms with E-state index in [9.17, 15) is 4.39 Å². The van der Waals surface area contributed by atoms with Gasteiger partial charge in [-0.15, -0.1) is 11.6 Å². The van der Waals surface area contributed by atoms with Gasteiger partial charge in [-0.1, -0.05) is 43.3 Å². The quantitative estimate of drug-likeness (QED) is 0.626. The summed E-state index contributed by atoms with van der Waals surface area (Å²) in [4.78, 5) is 4.38. The molecule has 3 aromatic rings. The summed E-state index contributed by atoms with van der Waals surface area (Å²) in [6.07, 6.45) is 0.885. The molecule has 0 aliphatic rings. The summed E-state index contributed by atoms with van der Waals surface area (Å²) in [7, 11) is 0. The van der Waals surface area contributed by atoms with Gasteiger partial charge in [0.05, 0.1) is 17.4 Å². The largest absolute Gasteiger partial charge is 0.319 e. The smallest absolute Gasteiger partial charge is 0.151 e. The second-order valence-corrected chi connectivity index (χ2v) is 5.24. The van der Waals surface area contributed by atoms with E-state index >= 15 is 0 Å². The first kappa shape index (κ1) is 14.1. The van der Waals surface area contributed by atoms with E-state index in [-0.39, 0.29) is 17.7 Å². The number of hydrogen-bond acceptors (Lipinski definition) is 1. The highest BCUT2D eigenvalue weighted by Crippen LogP contribution is 2.30. The fraction of sp³-hybridized carbons (Fsp3) is 0.235. The first-order valence-electron chi connectivity index (χ1n) is 7.02. The van der Waals surface area contributed by atoms with Gasteiger partial charge in [0, 0.05) is 0 Å². The van der Waals surface area contributed by atoms with Crippen LogP contribution < -0.4 is 0 Å². The highest BCUT2D eigenvalue weighted by atomic mass is 35.5. The monoisotopic (exact) mass is 302 g/mol. The lowest BCUT2D eigenvalue weighted by Crippen LogP contribution is -2.12. The van der Waals surface area contributed by atoms with Crippen molar-refractivity contribution in [2.24, 2.45) is 0 Å². The number of imidazole rings is 1. The summed E-state index contributed by atoms with van der Waals surface area (Å²) < 4.78 is 16.0. The zero-order valence-electron chi connectivity index (χ0n) is 11.8. The van der Waals surface area contributed by atoms with Crippen molar-refractivity contribution >= 4 is 22.6 Å². The Morgan fingerprint density at radius 3 is 2.57 bits per heavy atom. The van der Waals surface area contributed by atoms with Crippen LogP contribution in [0, 0.1) is 5.82 Å². The molecule has 0 amide bonds. The van der Waals surface area contributed by atoms with Crippen LogP contribution in [-0.4, -0.2) is 9.55 Å². The van der Waals surface area contributed by atoms with Gasteiger partial charge >= 0.3 is 0 Å². The van der Waals surface area contributed by atoms with Crippen molar-refractivity contribution in [2.45, 2.75) is 25.3 Å². The molecular weight excluding hydrogens is 287 g/mol. The fourth-order valence-corrected chi connectivity index (χ4v) is 3.00. The molecule has 21 heavy (non-hydrogen) atoms. The number of nitrogens with zero attached hydrogens (tertiary/aromatic N) is 2. The van der Waals surface area contributed by atoms with Gasteiger partial charge < -0.3 is 4.57 Å². The van der Waals surface area contributed by atoms with Crippen LogP contribution in [0.2, 0.25) is 0 Å². The zero-order valence-corrected chi connectivity index (χ0v) is 12.5. The minimum absolute atomic E-state index is 0.103. The zero-order chi connectivity index (χ0) is 14.8. The maximum atomic E-state index is 14.0. The van der Waals surface area contributed by atoms with Crippen LogP contribution in [0.15, 0.2) is 48.5 Å². The van der Waals surface area contributed by atoms with Gasteiger partial charge in [-0.2, -0.15) is 0 Å². The molecule has 0 radical (unpaired) electrons. The van der Waals surface area contributed by atoms with E-state index in [2.05, 4.69) is 28.6 Å². The molecule has 0 N–H and O–H groups in total. The molecule has 2 aromatic carbocycles. The maximum absolute atomic E-state index is 14.0. The molecule has 2 nitrogen and oxygen atoms in total. The summed E-state index contributed by atoms with van der Waals surface area (Å²) in [6, 6.07) is 15.3. The Hall–Kier alpha value is -1.87. The molecule has 0 saturated carbocycles. The van der Waals surface area contributed by atoms with Crippen molar-refractivity contribution in [3.05, 3.63) is 65.7 Å². The van der Waals surface area contributed by atoms with Gasteiger partial charge in [0.2, 0.25) is 0 Å². The lowest BCUT2D eigenvalue weighted by molar-refractivity contribution is 0.565. The van der Waals surface area contributed by atoms with Crippen molar-refractivity contribution in [3.8, 4) is 0 Å². The Balaban J connectivity index is 2.25. The molecule has 0 spiro atoms. The number of benzene rings is 2. The molecular formula is C17H16ClFN2. The predicted octanol–water partition coefficient (Wildman–Crippen LogP) is 4.91. The Morgan fingerprint density at radius 2 is 1.90 bits per heavy atom. The van der Waals surface area contributed by atoms with Crippen molar-refractivity contribution in [2.75, 3.05) is 0 Å². The van der Waals surface area contributed by atoms with Crippen LogP contribution in [0.3, 0.4) is 0 Å². The van der Waals surface area contributed by atoms with Crippen LogP contribution in [0.1, 0.15) is 30.8 Å². The third kappa shape index (κ3) is 2.42. The number of hydrogen-bond donors (Lipinski definition) is 0. The second-order valence-electron chi connectivity index (χ2n) is 4.97. The molecule has 108 valence electrons. The normalized spacial score (nSPS) is 12.7. The van der Waals surface area contributed by atoms with Gasteiger partial charge in [0.15, 0.2) is 5.82 Å². The molecule has 1 unspecified atom stereocenters. The number of fused-ring (bicyclic) bond motifs is 1. The fourth-order valence-electron chi connectivity index (χ4n) is 2.82. The molecule has 0 saturated heterocycles. The number of aromatic nitrogens is 2. The molecule has 1 aromatic heterocycles. The third-order valence-electron chi connectivity index (χ3n) is 3.75. The first-order valence-corrected chi connectivity index (χ1v) is 7.56. The van der Waals surface area contributed by atoms with Crippen LogP contribution in [0.4, 0.5) is 4.39 Å². The Bertz CT molecular complexity index is 752. The van der Waals surface area contributed by atoms with Crippen LogP contribution in [-0.2, 0) is 5.88 Å². The van der Waals surface area contributed by atoms with E-state index in [1.54, 1.807) is 6.07 Å². The van der Waals surface area contributed by atoms with Crippen molar-refractivity contribution in [3.63, 3.8) is 0 Å². The minimum atomic E-state index is -0.305. The molecule has 0 fully saturated rings. The molecule has 4 heteroatoms. The van der Waals surface area contributed by atoms with E-state index < -0.39 is 0 Å². The predicted molar refractivity (Wildman–Crippen MR) is 84.1 cm³/mol. The Kier molecular flexibility index (Phi) is 3.93. The molecule has 3 rings (SSSR count). The van der Waals surface area contributed by atoms with Gasteiger partial charge in [-0.25, -0.2) is 9.37 Å². The Labute approximate surface area is 128 Å². The number of rotatable bonds is 4. The van der Waals surface area contributed by atoms with E-state index in [1.165, 1.54) is 11.6 Å². The summed E-state index contributed by atoms with van der Waals surface area (Å²) in [5.74, 6) is 0.658. The molecule has 1 heterocycles. The van der Waals surface area contributed by atoms with Crippen LogP contribution in [0.5, 0.6) is 0 Å². The number of halogens is 2. The number of para-hydroxylation sites is 1.